The Hall–Kier alpha value is -3.98. The lowest BCUT2D eigenvalue weighted by Crippen LogP contribution is -2.29. The second-order valence-electron chi connectivity index (χ2n) is 10.9. The van der Waals surface area contributed by atoms with Crippen molar-refractivity contribution >= 4 is 22.7 Å². The molecule has 3 heterocycles. The number of benzene rings is 2. The Balaban J connectivity index is 1.79. The van der Waals surface area contributed by atoms with E-state index in [9.17, 15) is 13.6 Å². The average molecular weight is 550 g/mol. The number of aromatic nitrogens is 2. The number of carbonyl (C=O) groups is 1. The first-order valence-corrected chi connectivity index (χ1v) is 13.2. The van der Waals surface area contributed by atoms with Crippen molar-refractivity contribution in [2.45, 2.75) is 52.9 Å². The van der Waals surface area contributed by atoms with Crippen LogP contribution in [0.2, 0.25) is 0 Å². The van der Waals surface area contributed by atoms with Gasteiger partial charge in [0.05, 0.1) is 24.9 Å². The predicted molar refractivity (Wildman–Crippen MR) is 150 cm³/mol. The van der Waals surface area contributed by atoms with Crippen molar-refractivity contribution in [1.29, 1.82) is 0 Å². The van der Waals surface area contributed by atoms with E-state index in [4.69, 9.17) is 19.2 Å². The molecule has 1 aliphatic rings. The number of esters is 1. The third-order valence-electron chi connectivity index (χ3n) is 7.01. The predicted octanol–water partition coefficient (Wildman–Crippen LogP) is 6.48. The summed E-state index contributed by atoms with van der Waals surface area (Å²) in [5.74, 6) is -1.58. The lowest BCUT2D eigenvalue weighted by molar-refractivity contribution is -0.164. The van der Waals surface area contributed by atoms with E-state index in [0.29, 0.717) is 30.1 Å². The molecule has 1 atom stereocenters. The summed E-state index contributed by atoms with van der Waals surface area (Å²) in [6.07, 6.45) is 0.738. The first-order valence-electron chi connectivity index (χ1n) is 13.2. The van der Waals surface area contributed by atoms with Gasteiger partial charge in [-0.25, -0.2) is 18.6 Å². The highest BCUT2D eigenvalue weighted by molar-refractivity contribution is 6.00. The third-order valence-corrected chi connectivity index (χ3v) is 7.01. The number of nitrogens with zero attached hydrogens (tertiary/aromatic N) is 2. The fourth-order valence-corrected chi connectivity index (χ4v) is 5.24. The molecule has 5 rings (SSSR count). The van der Waals surface area contributed by atoms with E-state index in [1.54, 1.807) is 16.8 Å². The van der Waals surface area contributed by atoms with E-state index in [0.717, 1.165) is 39.6 Å². The number of halogens is 2. The van der Waals surface area contributed by atoms with Crippen molar-refractivity contribution in [3.05, 3.63) is 76.6 Å². The number of ether oxygens (including phenoxy) is 3. The molecule has 9 heteroatoms. The molecule has 1 N–H and O–H groups in total. The SMILES string of the molecule is COC(=O)[C@@H](OC(C)(C)C)c1c(C)nc2c(ccn2Cc2cccc(F)c2F)c1-c1ccc2c(c1C)NCCO2. The molecule has 2 aromatic carbocycles. The number of anilines is 1. The smallest absolute Gasteiger partial charge is 0.339 e. The Morgan fingerprint density at radius 3 is 2.67 bits per heavy atom. The topological polar surface area (TPSA) is 74.6 Å². The van der Waals surface area contributed by atoms with Crippen LogP contribution in [0.1, 0.15) is 49.3 Å². The van der Waals surface area contributed by atoms with Crippen molar-refractivity contribution in [2.75, 3.05) is 25.6 Å². The monoisotopic (exact) mass is 549 g/mol. The number of hydrogen-bond acceptors (Lipinski definition) is 6. The Morgan fingerprint density at radius 2 is 1.95 bits per heavy atom. The molecular weight excluding hydrogens is 516 g/mol. The van der Waals surface area contributed by atoms with E-state index in [1.165, 1.54) is 13.2 Å². The van der Waals surface area contributed by atoms with Gasteiger partial charge in [-0.1, -0.05) is 18.2 Å². The van der Waals surface area contributed by atoms with Crippen LogP contribution in [0.5, 0.6) is 5.75 Å². The van der Waals surface area contributed by atoms with Crippen LogP contribution in [0.25, 0.3) is 22.2 Å². The van der Waals surface area contributed by atoms with Crippen LogP contribution in [0, 0.1) is 25.5 Å². The van der Waals surface area contributed by atoms with E-state index in [2.05, 4.69) is 5.32 Å². The highest BCUT2D eigenvalue weighted by atomic mass is 19.2. The minimum absolute atomic E-state index is 0.0792. The summed E-state index contributed by atoms with van der Waals surface area (Å²) in [6, 6.07) is 9.89. The summed E-state index contributed by atoms with van der Waals surface area (Å²) >= 11 is 0. The molecule has 0 amide bonds. The zero-order valence-corrected chi connectivity index (χ0v) is 23.5. The molecule has 0 bridgehead atoms. The average Bonchev–Trinajstić information content (AvgIpc) is 3.31. The Kier molecular flexibility index (Phi) is 7.27. The number of hydrogen-bond donors (Lipinski definition) is 1. The normalized spacial score (nSPS) is 13.9. The van der Waals surface area contributed by atoms with Gasteiger partial charge in [0, 0.05) is 40.5 Å². The molecule has 0 aliphatic carbocycles. The van der Waals surface area contributed by atoms with E-state index < -0.39 is 29.3 Å². The van der Waals surface area contributed by atoms with Gasteiger partial charge in [0.15, 0.2) is 17.7 Å². The van der Waals surface area contributed by atoms with Crippen molar-refractivity contribution < 1.29 is 27.8 Å². The highest BCUT2D eigenvalue weighted by Gasteiger charge is 2.34. The minimum Gasteiger partial charge on any atom is -0.490 e. The number of carbonyl (C=O) groups excluding carboxylic acids is 1. The van der Waals surface area contributed by atoms with E-state index in [-0.39, 0.29) is 12.1 Å². The Bertz CT molecular complexity index is 1610. The summed E-state index contributed by atoms with van der Waals surface area (Å²) in [4.78, 5) is 18.1. The van der Waals surface area contributed by atoms with Gasteiger partial charge < -0.3 is 24.1 Å². The molecule has 0 spiro atoms. The number of rotatable bonds is 6. The van der Waals surface area contributed by atoms with Crippen LogP contribution in [0.3, 0.4) is 0 Å². The summed E-state index contributed by atoms with van der Waals surface area (Å²) in [5.41, 5.74) is 4.69. The number of pyridine rings is 1. The third kappa shape index (κ3) is 5.01. The molecule has 0 radical (unpaired) electrons. The van der Waals surface area contributed by atoms with Crippen LogP contribution >= 0.6 is 0 Å². The lowest BCUT2D eigenvalue weighted by Gasteiger charge is -2.29. The molecule has 7 nitrogen and oxygen atoms in total. The van der Waals surface area contributed by atoms with Crippen LogP contribution in [0.4, 0.5) is 14.5 Å². The van der Waals surface area contributed by atoms with Crippen molar-refractivity contribution in [3.8, 4) is 16.9 Å². The first-order chi connectivity index (χ1) is 19.0. The molecule has 0 saturated heterocycles. The summed E-state index contributed by atoms with van der Waals surface area (Å²) in [6.45, 7) is 10.8. The largest absolute Gasteiger partial charge is 0.490 e. The van der Waals surface area contributed by atoms with Crippen molar-refractivity contribution in [1.82, 2.24) is 9.55 Å². The maximum absolute atomic E-state index is 14.6. The molecule has 0 fully saturated rings. The van der Waals surface area contributed by atoms with Gasteiger partial charge in [0.1, 0.15) is 18.0 Å². The summed E-state index contributed by atoms with van der Waals surface area (Å²) in [5, 5.41) is 4.17. The van der Waals surface area contributed by atoms with Gasteiger partial charge in [-0.2, -0.15) is 0 Å². The molecule has 2 aromatic heterocycles. The highest BCUT2D eigenvalue weighted by Crippen LogP contribution is 2.44. The molecule has 1 aliphatic heterocycles. The Labute approximate surface area is 232 Å². The molecular formula is C31H33F2N3O4. The molecule has 0 saturated carbocycles. The number of aryl methyl sites for hydroxylation is 1. The van der Waals surface area contributed by atoms with Gasteiger partial charge in [-0.3, -0.25) is 0 Å². The summed E-state index contributed by atoms with van der Waals surface area (Å²) in [7, 11) is 1.33. The molecule has 0 unspecified atom stereocenters. The van der Waals surface area contributed by atoms with E-state index in [1.807, 2.05) is 52.8 Å². The number of fused-ring (bicyclic) bond motifs is 2. The molecule has 4 aromatic rings. The van der Waals surface area contributed by atoms with Crippen LogP contribution in [-0.4, -0.2) is 41.4 Å². The van der Waals surface area contributed by atoms with Crippen molar-refractivity contribution in [3.63, 3.8) is 0 Å². The maximum atomic E-state index is 14.6. The number of methoxy groups -OCH3 is 1. The van der Waals surface area contributed by atoms with Crippen molar-refractivity contribution in [2.24, 2.45) is 0 Å². The zero-order chi connectivity index (χ0) is 28.8. The molecule has 210 valence electrons. The quantitative estimate of drug-likeness (QED) is 0.278. The van der Waals surface area contributed by atoms with Crippen LogP contribution < -0.4 is 10.1 Å². The lowest BCUT2D eigenvalue weighted by atomic mass is 9.89. The number of nitrogens with one attached hydrogen (secondary N) is 1. The second kappa shape index (κ2) is 10.5. The molecule has 40 heavy (non-hydrogen) atoms. The van der Waals surface area contributed by atoms with E-state index >= 15 is 0 Å². The van der Waals surface area contributed by atoms with Gasteiger partial charge in [0.2, 0.25) is 0 Å². The summed E-state index contributed by atoms with van der Waals surface area (Å²) < 4.78 is 47.7. The zero-order valence-electron chi connectivity index (χ0n) is 23.5. The maximum Gasteiger partial charge on any atom is 0.339 e. The second-order valence-corrected chi connectivity index (χ2v) is 10.9. The van der Waals surface area contributed by atoms with Gasteiger partial charge >= 0.3 is 5.97 Å². The minimum atomic E-state index is -1.06. The van der Waals surface area contributed by atoms with Crippen LogP contribution in [0.15, 0.2) is 42.6 Å². The van der Waals surface area contributed by atoms with Gasteiger partial charge in [-0.05, 0) is 63.9 Å². The Morgan fingerprint density at radius 1 is 1.18 bits per heavy atom. The van der Waals surface area contributed by atoms with Crippen LogP contribution in [-0.2, 0) is 20.8 Å². The fourth-order valence-electron chi connectivity index (χ4n) is 5.24. The standard InChI is InChI=1S/C31H33F2N3O4/c1-17-20(10-11-23-27(17)34-13-15-39-23)25-21-12-14-36(16-19-8-7-9-22(32)26(19)33)29(21)35-18(2)24(25)28(30(37)38-6)40-31(3,4)5/h7-12,14,28,34H,13,15-16H2,1-6H3/t28-/m0/s1. The fraction of sp³-hybridized carbons (Fsp3) is 0.355. The first kappa shape index (κ1) is 27.6. The van der Waals surface area contributed by atoms with Gasteiger partial charge in [0.25, 0.3) is 0 Å². The van der Waals surface area contributed by atoms with Gasteiger partial charge in [-0.15, -0.1) is 0 Å².